The summed E-state index contributed by atoms with van der Waals surface area (Å²) >= 11 is 1.22. The van der Waals surface area contributed by atoms with Crippen molar-refractivity contribution < 1.29 is 17.6 Å². The number of fused-ring (bicyclic) bond motifs is 1. The lowest BCUT2D eigenvalue weighted by molar-refractivity contribution is 0.103. The zero-order valence-corrected chi connectivity index (χ0v) is 14.6. The standard InChI is InChI=1S/C17H14FNO3S2/c1-10-15-13(18)4-3-5-14(15)23-16(10)17(20)19-11-6-8-12(9-7-11)24(2,21)22/h3-9H,1-2H3,(H,19,20). The number of aryl methyl sites for hydroxylation is 1. The first-order valence-corrected chi connectivity index (χ1v) is 9.77. The van der Waals surface area contributed by atoms with Gasteiger partial charge in [-0.2, -0.15) is 0 Å². The Labute approximate surface area is 142 Å². The summed E-state index contributed by atoms with van der Waals surface area (Å²) in [6.07, 6.45) is 1.12. The normalized spacial score (nSPS) is 11.6. The fraction of sp³-hybridized carbons (Fsp3) is 0.118. The first-order valence-electron chi connectivity index (χ1n) is 7.06. The van der Waals surface area contributed by atoms with Gasteiger partial charge in [0.15, 0.2) is 9.84 Å². The molecule has 3 aromatic rings. The summed E-state index contributed by atoms with van der Waals surface area (Å²) in [7, 11) is -3.28. The van der Waals surface area contributed by atoms with Gasteiger partial charge in [0.05, 0.1) is 9.77 Å². The highest BCUT2D eigenvalue weighted by atomic mass is 32.2. The predicted molar refractivity (Wildman–Crippen MR) is 94.0 cm³/mol. The van der Waals surface area contributed by atoms with E-state index in [-0.39, 0.29) is 16.6 Å². The number of amides is 1. The number of hydrogen-bond acceptors (Lipinski definition) is 4. The molecule has 7 heteroatoms. The fourth-order valence-electron chi connectivity index (χ4n) is 2.44. The molecule has 24 heavy (non-hydrogen) atoms. The lowest BCUT2D eigenvalue weighted by Crippen LogP contribution is -2.11. The molecule has 2 aromatic carbocycles. The van der Waals surface area contributed by atoms with Crippen molar-refractivity contribution in [3.05, 3.63) is 58.7 Å². The Morgan fingerprint density at radius 3 is 2.38 bits per heavy atom. The number of carbonyl (C=O) groups excluding carboxylic acids is 1. The van der Waals surface area contributed by atoms with Gasteiger partial charge < -0.3 is 5.32 Å². The molecule has 0 spiro atoms. The summed E-state index contributed by atoms with van der Waals surface area (Å²) in [6, 6.07) is 10.7. The topological polar surface area (TPSA) is 63.2 Å². The monoisotopic (exact) mass is 363 g/mol. The second-order valence-electron chi connectivity index (χ2n) is 5.42. The third-order valence-electron chi connectivity index (χ3n) is 3.65. The molecule has 0 fully saturated rings. The van der Waals surface area contributed by atoms with Crippen LogP contribution in [0.1, 0.15) is 15.2 Å². The van der Waals surface area contributed by atoms with Crippen molar-refractivity contribution >= 4 is 42.9 Å². The number of hydrogen-bond donors (Lipinski definition) is 1. The van der Waals surface area contributed by atoms with Crippen LogP contribution in [0.5, 0.6) is 0 Å². The predicted octanol–water partition coefficient (Wildman–Crippen LogP) is 4.00. The third kappa shape index (κ3) is 3.05. The third-order valence-corrected chi connectivity index (χ3v) is 6.03. The van der Waals surface area contributed by atoms with E-state index in [2.05, 4.69) is 5.32 Å². The van der Waals surface area contributed by atoms with E-state index in [1.54, 1.807) is 19.1 Å². The first kappa shape index (κ1) is 16.6. The first-order chi connectivity index (χ1) is 11.3. The molecule has 3 rings (SSSR count). The number of carbonyl (C=O) groups is 1. The molecular weight excluding hydrogens is 349 g/mol. The summed E-state index contributed by atoms with van der Waals surface area (Å²) in [6.45, 7) is 1.71. The van der Waals surface area contributed by atoms with Crippen LogP contribution in [0.25, 0.3) is 10.1 Å². The average Bonchev–Trinajstić information content (AvgIpc) is 2.85. The van der Waals surface area contributed by atoms with Crippen LogP contribution in [-0.4, -0.2) is 20.6 Å². The van der Waals surface area contributed by atoms with Gasteiger partial charge in [0, 0.05) is 22.0 Å². The maximum Gasteiger partial charge on any atom is 0.266 e. The number of thiophene rings is 1. The minimum absolute atomic E-state index is 0.181. The Kier molecular flexibility index (Phi) is 4.15. The molecule has 4 nitrogen and oxygen atoms in total. The van der Waals surface area contributed by atoms with E-state index in [4.69, 9.17) is 0 Å². The van der Waals surface area contributed by atoms with E-state index in [9.17, 15) is 17.6 Å². The van der Waals surface area contributed by atoms with Gasteiger partial charge in [0.2, 0.25) is 0 Å². The van der Waals surface area contributed by atoms with E-state index >= 15 is 0 Å². The minimum Gasteiger partial charge on any atom is -0.321 e. The van der Waals surface area contributed by atoms with Crippen molar-refractivity contribution in [1.29, 1.82) is 0 Å². The Balaban J connectivity index is 1.90. The highest BCUT2D eigenvalue weighted by molar-refractivity contribution is 7.90. The van der Waals surface area contributed by atoms with Crippen LogP contribution >= 0.6 is 11.3 Å². The second kappa shape index (κ2) is 5.99. The zero-order valence-electron chi connectivity index (χ0n) is 13.0. The van der Waals surface area contributed by atoms with Crippen molar-refractivity contribution in [1.82, 2.24) is 0 Å². The van der Waals surface area contributed by atoms with Gasteiger partial charge in [-0.3, -0.25) is 4.79 Å². The lowest BCUT2D eigenvalue weighted by atomic mass is 10.1. The van der Waals surface area contributed by atoms with Gasteiger partial charge in [-0.15, -0.1) is 11.3 Å². The van der Waals surface area contributed by atoms with E-state index < -0.39 is 9.84 Å². The number of anilines is 1. The molecule has 124 valence electrons. The molecule has 0 aliphatic heterocycles. The Bertz CT molecular complexity index is 1040. The summed E-state index contributed by atoms with van der Waals surface area (Å²) in [5, 5.41) is 3.17. The summed E-state index contributed by atoms with van der Waals surface area (Å²) in [4.78, 5) is 13.1. The Morgan fingerprint density at radius 2 is 1.79 bits per heavy atom. The van der Waals surface area contributed by atoms with E-state index in [0.29, 0.717) is 26.2 Å². The Morgan fingerprint density at radius 1 is 1.12 bits per heavy atom. The summed E-state index contributed by atoms with van der Waals surface area (Å²) in [5.74, 6) is -0.696. The molecule has 0 saturated carbocycles. The number of rotatable bonds is 3. The molecule has 1 amide bonds. The molecule has 0 saturated heterocycles. The van der Waals surface area contributed by atoms with E-state index in [1.807, 2.05) is 0 Å². The zero-order chi connectivity index (χ0) is 17.5. The molecule has 0 atom stereocenters. The molecule has 0 radical (unpaired) electrons. The number of halogens is 1. The van der Waals surface area contributed by atoms with Gasteiger partial charge in [-0.05, 0) is 48.9 Å². The van der Waals surface area contributed by atoms with E-state index in [1.165, 1.54) is 41.7 Å². The molecule has 0 unspecified atom stereocenters. The van der Waals surface area contributed by atoms with Gasteiger partial charge in [-0.25, -0.2) is 12.8 Å². The van der Waals surface area contributed by atoms with Gasteiger partial charge >= 0.3 is 0 Å². The van der Waals surface area contributed by atoms with Crippen molar-refractivity contribution in [3.8, 4) is 0 Å². The molecule has 0 aliphatic rings. The summed E-state index contributed by atoms with van der Waals surface area (Å²) < 4.78 is 37.5. The minimum atomic E-state index is -3.28. The smallest absolute Gasteiger partial charge is 0.266 e. The van der Waals surface area contributed by atoms with Gasteiger partial charge in [0.1, 0.15) is 5.82 Å². The molecular formula is C17H14FNO3S2. The number of nitrogens with one attached hydrogen (secondary N) is 1. The fourth-order valence-corrected chi connectivity index (χ4v) is 4.19. The maximum absolute atomic E-state index is 13.9. The number of sulfone groups is 1. The Hall–Kier alpha value is -2.25. The van der Waals surface area contributed by atoms with Crippen LogP contribution < -0.4 is 5.32 Å². The van der Waals surface area contributed by atoms with E-state index in [0.717, 1.165) is 6.26 Å². The number of benzene rings is 2. The summed E-state index contributed by atoms with van der Waals surface area (Å²) in [5.41, 5.74) is 1.07. The van der Waals surface area contributed by atoms with Crippen LogP contribution in [0.2, 0.25) is 0 Å². The van der Waals surface area contributed by atoms with Gasteiger partial charge in [-0.1, -0.05) is 6.07 Å². The van der Waals surface area contributed by atoms with Crippen LogP contribution in [0.15, 0.2) is 47.4 Å². The van der Waals surface area contributed by atoms with Crippen LogP contribution in [-0.2, 0) is 9.84 Å². The molecule has 1 aromatic heterocycles. The highest BCUT2D eigenvalue weighted by Crippen LogP contribution is 2.33. The highest BCUT2D eigenvalue weighted by Gasteiger charge is 2.18. The molecule has 1 heterocycles. The SMILES string of the molecule is Cc1c(C(=O)Nc2ccc(S(C)(=O)=O)cc2)sc2cccc(F)c12. The average molecular weight is 363 g/mol. The van der Waals surface area contributed by atoms with Gasteiger partial charge in [0.25, 0.3) is 5.91 Å². The molecule has 0 bridgehead atoms. The van der Waals surface area contributed by atoms with Crippen molar-refractivity contribution in [2.24, 2.45) is 0 Å². The van der Waals surface area contributed by atoms with Crippen molar-refractivity contribution in [2.75, 3.05) is 11.6 Å². The largest absolute Gasteiger partial charge is 0.321 e. The van der Waals surface area contributed by atoms with Crippen molar-refractivity contribution in [2.45, 2.75) is 11.8 Å². The molecule has 0 aliphatic carbocycles. The maximum atomic E-state index is 13.9. The van der Waals surface area contributed by atoms with Crippen LogP contribution in [0.3, 0.4) is 0 Å². The van der Waals surface area contributed by atoms with Crippen molar-refractivity contribution in [3.63, 3.8) is 0 Å². The lowest BCUT2D eigenvalue weighted by Gasteiger charge is -2.05. The second-order valence-corrected chi connectivity index (χ2v) is 8.49. The van der Waals surface area contributed by atoms with Crippen LogP contribution in [0.4, 0.5) is 10.1 Å². The molecule has 1 N–H and O–H groups in total. The quantitative estimate of drug-likeness (QED) is 0.765. The van der Waals surface area contributed by atoms with Crippen LogP contribution in [0, 0.1) is 12.7 Å².